The van der Waals surface area contributed by atoms with Crippen molar-refractivity contribution in [2.75, 3.05) is 4.90 Å². The molecular weight excluding hydrogens is 202 g/mol. The van der Waals surface area contributed by atoms with Crippen LogP contribution in [0.5, 0.6) is 0 Å². The SMILES string of the molecule is Cc1ccc2c(c1)C(=[N+]=[N-])C(=O)N2C(C)C. The van der Waals surface area contributed by atoms with Crippen molar-refractivity contribution in [3.05, 3.63) is 34.9 Å². The molecule has 0 fully saturated rings. The highest BCUT2D eigenvalue weighted by atomic mass is 16.2. The lowest BCUT2D eigenvalue weighted by Crippen LogP contribution is -2.36. The molecule has 1 amide bonds. The Balaban J connectivity index is 2.69. The van der Waals surface area contributed by atoms with Crippen molar-refractivity contribution in [3.63, 3.8) is 0 Å². The number of carbonyl (C=O) groups is 1. The number of anilines is 1. The Morgan fingerprint density at radius 2 is 2.06 bits per heavy atom. The molecule has 0 saturated carbocycles. The maximum Gasteiger partial charge on any atom is 0.389 e. The average Bonchev–Trinajstić information content (AvgIpc) is 2.49. The number of amides is 1. The third-order valence-electron chi connectivity index (χ3n) is 2.70. The van der Waals surface area contributed by atoms with Crippen LogP contribution in [0, 0.1) is 6.92 Å². The van der Waals surface area contributed by atoms with Gasteiger partial charge in [0.2, 0.25) is 0 Å². The molecule has 0 N–H and O–H groups in total. The maximum atomic E-state index is 12.0. The van der Waals surface area contributed by atoms with Gasteiger partial charge in [-0.3, -0.25) is 9.69 Å². The van der Waals surface area contributed by atoms with Crippen LogP contribution in [0.4, 0.5) is 5.69 Å². The maximum absolute atomic E-state index is 12.0. The van der Waals surface area contributed by atoms with E-state index in [0.717, 1.165) is 11.3 Å². The molecule has 4 heteroatoms. The van der Waals surface area contributed by atoms with E-state index in [9.17, 15) is 4.79 Å². The van der Waals surface area contributed by atoms with E-state index in [1.54, 1.807) is 4.90 Å². The van der Waals surface area contributed by atoms with Crippen LogP contribution in [0.15, 0.2) is 18.2 Å². The second kappa shape index (κ2) is 3.58. The molecule has 82 valence electrons. The summed E-state index contributed by atoms with van der Waals surface area (Å²) in [5.74, 6) is -0.238. The van der Waals surface area contributed by atoms with Crippen LogP contribution in [0.1, 0.15) is 25.0 Å². The number of fused-ring (bicyclic) bond motifs is 1. The molecule has 0 atom stereocenters. The fraction of sp³-hybridized carbons (Fsp3) is 0.333. The molecule has 1 aromatic rings. The van der Waals surface area contributed by atoms with Gasteiger partial charge < -0.3 is 5.53 Å². The Bertz CT molecular complexity index is 513. The van der Waals surface area contributed by atoms with Gasteiger partial charge in [-0.2, -0.15) is 4.79 Å². The number of nitrogens with zero attached hydrogens (tertiary/aromatic N) is 3. The lowest BCUT2D eigenvalue weighted by Gasteiger charge is -2.19. The Kier molecular flexibility index (Phi) is 2.37. The average molecular weight is 215 g/mol. The summed E-state index contributed by atoms with van der Waals surface area (Å²) >= 11 is 0. The number of carbonyl (C=O) groups excluding carboxylic acids is 1. The minimum atomic E-state index is -0.238. The standard InChI is InChI=1S/C12H13N3O/c1-7(2)15-10-5-4-8(3)6-9(10)11(14-13)12(15)16/h4-7H,1-3H3. The molecule has 0 unspecified atom stereocenters. The van der Waals surface area contributed by atoms with Gasteiger partial charge in [-0.15, -0.1) is 0 Å². The van der Waals surface area contributed by atoms with Gasteiger partial charge in [-0.05, 0) is 32.9 Å². The Morgan fingerprint density at radius 3 is 2.62 bits per heavy atom. The minimum Gasteiger partial charge on any atom is -0.361 e. The first kappa shape index (κ1) is 10.6. The highest BCUT2D eigenvalue weighted by molar-refractivity contribution is 6.52. The molecule has 1 aliphatic heterocycles. The van der Waals surface area contributed by atoms with Crippen molar-refractivity contribution in [1.29, 1.82) is 0 Å². The summed E-state index contributed by atoms with van der Waals surface area (Å²) in [5, 5.41) is 0. The largest absolute Gasteiger partial charge is 0.389 e. The van der Waals surface area contributed by atoms with E-state index in [0.29, 0.717) is 5.56 Å². The molecule has 0 saturated heterocycles. The molecule has 1 aromatic carbocycles. The summed E-state index contributed by atoms with van der Waals surface area (Å²) in [6.07, 6.45) is 0. The van der Waals surface area contributed by atoms with Crippen LogP contribution < -0.4 is 4.90 Å². The summed E-state index contributed by atoms with van der Waals surface area (Å²) < 4.78 is 0. The van der Waals surface area contributed by atoms with E-state index in [1.165, 1.54) is 0 Å². The Labute approximate surface area is 94.1 Å². The van der Waals surface area contributed by atoms with Gasteiger partial charge in [0.25, 0.3) is 0 Å². The minimum absolute atomic E-state index is 0.0493. The number of rotatable bonds is 1. The van der Waals surface area contributed by atoms with Crippen LogP contribution in [0.2, 0.25) is 0 Å². The molecule has 0 aliphatic carbocycles. The zero-order valence-electron chi connectivity index (χ0n) is 9.56. The van der Waals surface area contributed by atoms with Crippen molar-refractivity contribution in [1.82, 2.24) is 0 Å². The van der Waals surface area contributed by atoms with Gasteiger partial charge in [-0.25, -0.2) is 0 Å². The molecule has 2 rings (SSSR count). The molecule has 0 spiro atoms. The van der Waals surface area contributed by atoms with Crippen LogP contribution in [0.25, 0.3) is 5.53 Å². The number of benzene rings is 1. The smallest absolute Gasteiger partial charge is 0.361 e. The quantitative estimate of drug-likeness (QED) is 0.520. The third kappa shape index (κ3) is 1.35. The third-order valence-corrected chi connectivity index (χ3v) is 2.70. The normalized spacial score (nSPS) is 14.4. The van der Waals surface area contributed by atoms with Gasteiger partial charge in [-0.1, -0.05) is 11.6 Å². The zero-order valence-corrected chi connectivity index (χ0v) is 9.56. The monoisotopic (exact) mass is 215 g/mol. The van der Waals surface area contributed by atoms with Crippen LogP contribution in [-0.4, -0.2) is 22.5 Å². The van der Waals surface area contributed by atoms with E-state index in [1.807, 2.05) is 39.0 Å². The van der Waals surface area contributed by atoms with Crippen molar-refractivity contribution < 1.29 is 9.58 Å². The predicted molar refractivity (Wildman–Crippen MR) is 61.5 cm³/mol. The summed E-state index contributed by atoms with van der Waals surface area (Å²) in [6.45, 7) is 5.81. The van der Waals surface area contributed by atoms with Crippen molar-refractivity contribution >= 4 is 17.3 Å². The van der Waals surface area contributed by atoms with Gasteiger partial charge in [0, 0.05) is 6.04 Å². The number of hydrogen-bond donors (Lipinski definition) is 0. The lowest BCUT2D eigenvalue weighted by molar-refractivity contribution is -0.116. The van der Waals surface area contributed by atoms with Gasteiger partial charge in [0.15, 0.2) is 0 Å². The zero-order chi connectivity index (χ0) is 11.9. The summed E-state index contributed by atoms with van der Waals surface area (Å²) in [6, 6.07) is 5.75. The van der Waals surface area contributed by atoms with E-state index in [-0.39, 0.29) is 17.7 Å². The molecule has 1 heterocycles. The van der Waals surface area contributed by atoms with Gasteiger partial charge >= 0.3 is 11.6 Å². The van der Waals surface area contributed by atoms with Crippen LogP contribution >= 0.6 is 0 Å². The molecule has 16 heavy (non-hydrogen) atoms. The predicted octanol–water partition coefficient (Wildman–Crippen LogP) is 1.77. The molecule has 1 aliphatic rings. The van der Waals surface area contributed by atoms with E-state index in [4.69, 9.17) is 5.53 Å². The first-order valence-corrected chi connectivity index (χ1v) is 5.23. The molecule has 0 aromatic heterocycles. The second-order valence-corrected chi connectivity index (χ2v) is 4.24. The van der Waals surface area contributed by atoms with E-state index < -0.39 is 0 Å². The summed E-state index contributed by atoms with van der Waals surface area (Å²) in [5.41, 5.74) is 11.6. The van der Waals surface area contributed by atoms with Crippen molar-refractivity contribution in [2.45, 2.75) is 26.8 Å². The fourth-order valence-electron chi connectivity index (χ4n) is 2.00. The topological polar surface area (TPSA) is 56.7 Å². The number of hydrogen-bond acceptors (Lipinski definition) is 1. The van der Waals surface area contributed by atoms with Gasteiger partial charge in [0.1, 0.15) is 0 Å². The molecular formula is C12H13N3O. The summed E-state index contributed by atoms with van der Waals surface area (Å²) in [4.78, 5) is 16.7. The molecule has 0 radical (unpaired) electrons. The lowest BCUT2D eigenvalue weighted by atomic mass is 10.1. The fourth-order valence-corrected chi connectivity index (χ4v) is 2.00. The second-order valence-electron chi connectivity index (χ2n) is 4.24. The van der Waals surface area contributed by atoms with Crippen LogP contribution in [0.3, 0.4) is 0 Å². The number of aryl methyl sites for hydroxylation is 1. The molecule has 0 bridgehead atoms. The highest BCUT2D eigenvalue weighted by Gasteiger charge is 2.41. The van der Waals surface area contributed by atoms with Gasteiger partial charge in [0.05, 0.1) is 11.3 Å². The highest BCUT2D eigenvalue weighted by Crippen LogP contribution is 2.30. The Hall–Kier alpha value is -1.93. The van der Waals surface area contributed by atoms with Crippen molar-refractivity contribution in [2.24, 2.45) is 0 Å². The summed E-state index contributed by atoms with van der Waals surface area (Å²) in [7, 11) is 0. The first-order valence-electron chi connectivity index (χ1n) is 5.23. The van der Waals surface area contributed by atoms with Crippen LogP contribution in [-0.2, 0) is 4.79 Å². The van der Waals surface area contributed by atoms with E-state index >= 15 is 0 Å². The molecule has 4 nitrogen and oxygen atoms in total. The van der Waals surface area contributed by atoms with E-state index in [2.05, 4.69) is 4.79 Å². The first-order chi connectivity index (χ1) is 7.56. The van der Waals surface area contributed by atoms with Crippen molar-refractivity contribution in [3.8, 4) is 0 Å². The Morgan fingerprint density at radius 1 is 1.38 bits per heavy atom.